The fourth-order valence-corrected chi connectivity index (χ4v) is 4.33. The van der Waals surface area contributed by atoms with Gasteiger partial charge < -0.3 is 29.0 Å². The zero-order valence-electron chi connectivity index (χ0n) is 24.2. The Balaban J connectivity index is 1.41. The van der Waals surface area contributed by atoms with Gasteiger partial charge in [0.25, 0.3) is 11.8 Å². The molecule has 226 valence electrons. The summed E-state index contributed by atoms with van der Waals surface area (Å²) in [6, 6.07) is 20.9. The Morgan fingerprint density at radius 2 is 1.30 bits per heavy atom. The normalized spacial score (nSPS) is 10.6. The van der Waals surface area contributed by atoms with E-state index in [-0.39, 0.29) is 17.2 Å². The van der Waals surface area contributed by atoms with E-state index < -0.39 is 11.9 Å². The van der Waals surface area contributed by atoms with E-state index in [0.29, 0.717) is 49.8 Å². The Bertz CT molecular complexity index is 1660. The molecule has 2 amide bonds. The number of halogens is 1. The van der Waals surface area contributed by atoms with E-state index >= 15 is 0 Å². The Hall–Kier alpha value is -5.36. The second kappa shape index (κ2) is 14.7. The molecule has 0 aliphatic rings. The van der Waals surface area contributed by atoms with Crippen molar-refractivity contribution < 1.29 is 38.1 Å². The number of nitrogens with zero attached hydrogens (tertiary/aromatic N) is 1. The predicted octanol–water partition coefficient (Wildman–Crippen LogP) is 5.72. The first-order valence-corrected chi connectivity index (χ1v) is 13.8. The van der Waals surface area contributed by atoms with Gasteiger partial charge in [0.1, 0.15) is 11.5 Å². The van der Waals surface area contributed by atoms with Crippen LogP contribution < -0.4 is 34.4 Å². The molecule has 0 unspecified atom stereocenters. The molecule has 4 rings (SSSR count). The molecular formula is C32H28BrN3O8. The SMILES string of the molecule is COc1ccc(C(=O)Nc2ccc(C(=O)N/N=C\c3cc(Br)ccc3OC(=O)c3cc(OC)c(OC)c(OC)c3)cc2)cc1. The van der Waals surface area contributed by atoms with Crippen LogP contribution in [-0.2, 0) is 0 Å². The van der Waals surface area contributed by atoms with Crippen molar-refractivity contribution in [3.8, 4) is 28.7 Å². The highest BCUT2D eigenvalue weighted by Gasteiger charge is 2.19. The summed E-state index contributed by atoms with van der Waals surface area (Å²) in [5, 5.41) is 6.81. The van der Waals surface area contributed by atoms with Crippen LogP contribution in [0.1, 0.15) is 36.6 Å². The van der Waals surface area contributed by atoms with Crippen LogP contribution in [0.25, 0.3) is 0 Å². The Labute approximate surface area is 261 Å². The molecule has 12 heteroatoms. The van der Waals surface area contributed by atoms with Gasteiger partial charge in [0.05, 0.1) is 40.2 Å². The first-order chi connectivity index (χ1) is 21.3. The fraction of sp³-hybridized carbons (Fsp3) is 0.125. The molecule has 0 bridgehead atoms. The quantitative estimate of drug-likeness (QED) is 0.0902. The van der Waals surface area contributed by atoms with Crippen molar-refractivity contribution in [3.63, 3.8) is 0 Å². The molecule has 2 N–H and O–H groups in total. The largest absolute Gasteiger partial charge is 0.497 e. The number of carbonyl (C=O) groups is 3. The van der Waals surface area contributed by atoms with E-state index in [1.54, 1.807) is 73.8 Å². The summed E-state index contributed by atoms with van der Waals surface area (Å²) in [6.45, 7) is 0. The number of hydrogen-bond donors (Lipinski definition) is 2. The van der Waals surface area contributed by atoms with Gasteiger partial charge in [-0.05, 0) is 78.9 Å². The number of amides is 2. The first-order valence-electron chi connectivity index (χ1n) is 13.0. The maximum absolute atomic E-state index is 13.0. The van der Waals surface area contributed by atoms with Gasteiger partial charge in [-0.1, -0.05) is 15.9 Å². The van der Waals surface area contributed by atoms with Gasteiger partial charge in [-0.25, -0.2) is 10.2 Å². The molecule has 4 aromatic rings. The summed E-state index contributed by atoms with van der Waals surface area (Å²) >= 11 is 3.39. The van der Waals surface area contributed by atoms with Crippen molar-refractivity contribution >= 4 is 45.6 Å². The standard InChI is InChI=1S/C32H28BrN3O8/c1-40-25-12-7-19(8-13-25)30(37)35-24-10-5-20(6-11-24)31(38)36-34-18-22-15-23(33)9-14-26(22)44-32(39)21-16-27(41-2)29(43-4)28(17-21)42-3/h5-18H,1-4H3,(H,35,37)(H,36,38)/b34-18-. The average molecular weight is 662 g/mol. The zero-order chi connectivity index (χ0) is 31.6. The molecule has 0 aliphatic carbocycles. The van der Waals surface area contributed by atoms with Crippen LogP contribution in [-0.4, -0.2) is 52.4 Å². The zero-order valence-corrected chi connectivity index (χ0v) is 25.8. The van der Waals surface area contributed by atoms with Crippen LogP contribution in [0.4, 0.5) is 5.69 Å². The minimum atomic E-state index is -0.676. The van der Waals surface area contributed by atoms with Gasteiger partial charge >= 0.3 is 5.97 Å². The average Bonchev–Trinajstić information content (AvgIpc) is 3.05. The van der Waals surface area contributed by atoms with Crippen molar-refractivity contribution in [2.24, 2.45) is 5.10 Å². The summed E-state index contributed by atoms with van der Waals surface area (Å²) in [4.78, 5) is 38.2. The number of ether oxygens (including phenoxy) is 5. The summed E-state index contributed by atoms with van der Waals surface area (Å²) in [5.41, 5.74) is 4.32. The third kappa shape index (κ3) is 7.72. The van der Waals surface area contributed by atoms with Gasteiger partial charge in [0.2, 0.25) is 5.75 Å². The molecule has 44 heavy (non-hydrogen) atoms. The molecule has 4 aromatic carbocycles. The number of hydrazone groups is 1. The van der Waals surface area contributed by atoms with E-state index in [0.717, 1.165) is 0 Å². The van der Waals surface area contributed by atoms with Crippen molar-refractivity contribution in [2.75, 3.05) is 33.8 Å². The van der Waals surface area contributed by atoms with Crippen molar-refractivity contribution in [3.05, 3.63) is 106 Å². The second-order valence-corrected chi connectivity index (χ2v) is 9.86. The van der Waals surface area contributed by atoms with Crippen LogP contribution in [0.2, 0.25) is 0 Å². The molecule has 0 aromatic heterocycles. The van der Waals surface area contributed by atoms with E-state index in [4.69, 9.17) is 23.7 Å². The van der Waals surface area contributed by atoms with Crippen LogP contribution in [0.3, 0.4) is 0 Å². The minimum Gasteiger partial charge on any atom is -0.497 e. The number of benzene rings is 4. The van der Waals surface area contributed by atoms with Gasteiger partial charge in [-0.15, -0.1) is 0 Å². The van der Waals surface area contributed by atoms with Crippen LogP contribution in [0, 0.1) is 0 Å². The third-order valence-corrected chi connectivity index (χ3v) is 6.70. The smallest absolute Gasteiger partial charge is 0.343 e. The lowest BCUT2D eigenvalue weighted by Crippen LogP contribution is -2.18. The Morgan fingerprint density at radius 3 is 1.89 bits per heavy atom. The molecule has 0 saturated heterocycles. The van der Waals surface area contributed by atoms with E-state index in [1.807, 2.05) is 0 Å². The number of anilines is 1. The van der Waals surface area contributed by atoms with E-state index in [2.05, 4.69) is 31.8 Å². The van der Waals surface area contributed by atoms with Crippen molar-refractivity contribution in [1.29, 1.82) is 0 Å². The van der Waals surface area contributed by atoms with Crippen LogP contribution >= 0.6 is 15.9 Å². The highest BCUT2D eigenvalue weighted by atomic mass is 79.9. The maximum Gasteiger partial charge on any atom is 0.343 e. The summed E-state index contributed by atoms with van der Waals surface area (Å²) in [7, 11) is 5.90. The molecule has 0 atom stereocenters. The van der Waals surface area contributed by atoms with Gasteiger partial charge in [0, 0.05) is 26.9 Å². The predicted molar refractivity (Wildman–Crippen MR) is 168 cm³/mol. The summed E-state index contributed by atoms with van der Waals surface area (Å²) in [6.07, 6.45) is 1.35. The number of nitrogens with one attached hydrogen (secondary N) is 2. The molecule has 0 aliphatic heterocycles. The maximum atomic E-state index is 13.0. The van der Waals surface area contributed by atoms with Crippen molar-refractivity contribution in [1.82, 2.24) is 5.43 Å². The topological polar surface area (TPSA) is 134 Å². The van der Waals surface area contributed by atoms with Gasteiger partial charge in [-0.2, -0.15) is 5.10 Å². The van der Waals surface area contributed by atoms with E-state index in [9.17, 15) is 14.4 Å². The lowest BCUT2D eigenvalue weighted by molar-refractivity contribution is 0.0733. The number of methoxy groups -OCH3 is 4. The van der Waals surface area contributed by atoms with Crippen LogP contribution in [0.15, 0.2) is 88.4 Å². The highest BCUT2D eigenvalue weighted by molar-refractivity contribution is 9.10. The number of esters is 1. The minimum absolute atomic E-state index is 0.169. The molecule has 0 saturated carbocycles. The molecule has 0 spiro atoms. The summed E-state index contributed by atoms with van der Waals surface area (Å²) < 4.78 is 27.4. The molecular weight excluding hydrogens is 634 g/mol. The molecule has 0 fully saturated rings. The molecule has 11 nitrogen and oxygen atoms in total. The lowest BCUT2D eigenvalue weighted by atomic mass is 10.1. The van der Waals surface area contributed by atoms with Crippen LogP contribution in [0.5, 0.6) is 28.7 Å². The Kier molecular flexibility index (Phi) is 10.5. The number of hydrogen-bond acceptors (Lipinski definition) is 9. The first kappa shape index (κ1) is 31.6. The Morgan fingerprint density at radius 1 is 0.682 bits per heavy atom. The fourth-order valence-electron chi connectivity index (χ4n) is 3.95. The number of rotatable bonds is 11. The molecule has 0 radical (unpaired) electrons. The monoisotopic (exact) mass is 661 g/mol. The van der Waals surface area contributed by atoms with Gasteiger partial charge in [0.15, 0.2) is 11.5 Å². The highest BCUT2D eigenvalue weighted by Crippen LogP contribution is 2.38. The third-order valence-electron chi connectivity index (χ3n) is 6.20. The second-order valence-electron chi connectivity index (χ2n) is 8.94. The summed E-state index contributed by atoms with van der Waals surface area (Å²) in [5.74, 6) is 0.314. The van der Waals surface area contributed by atoms with Crippen molar-refractivity contribution in [2.45, 2.75) is 0 Å². The number of carbonyl (C=O) groups excluding carboxylic acids is 3. The van der Waals surface area contributed by atoms with E-state index in [1.165, 1.54) is 39.7 Å². The lowest BCUT2D eigenvalue weighted by Gasteiger charge is -2.14. The molecule has 0 heterocycles. The van der Waals surface area contributed by atoms with Gasteiger partial charge in [-0.3, -0.25) is 9.59 Å².